The molecular weight excluding hydrogens is 356 g/mol. The van der Waals surface area contributed by atoms with Gasteiger partial charge < -0.3 is 25.6 Å². The molecule has 7 heteroatoms. The lowest BCUT2D eigenvalue weighted by molar-refractivity contribution is -0.130. The number of ether oxygens (including phenoxy) is 1. The van der Waals surface area contributed by atoms with Crippen molar-refractivity contribution < 1.29 is 14.3 Å². The van der Waals surface area contributed by atoms with Gasteiger partial charge in [-0.15, -0.1) is 0 Å². The molecule has 0 aliphatic carbocycles. The molecule has 0 atom stereocenters. The number of hydrogen-bond acceptors (Lipinski definition) is 4. The fourth-order valence-electron chi connectivity index (χ4n) is 4.00. The van der Waals surface area contributed by atoms with Crippen molar-refractivity contribution in [1.82, 2.24) is 10.2 Å². The largest absolute Gasteiger partial charge is 0.384 e. The summed E-state index contributed by atoms with van der Waals surface area (Å²) < 4.78 is 5.33. The van der Waals surface area contributed by atoms with E-state index < -0.39 is 5.41 Å². The molecule has 3 amide bonds. The summed E-state index contributed by atoms with van der Waals surface area (Å²) in [5, 5.41) is 9.27. The number of urea groups is 1. The first-order chi connectivity index (χ1) is 13.6. The van der Waals surface area contributed by atoms with Crippen LogP contribution >= 0.6 is 0 Å². The lowest BCUT2D eigenvalue weighted by atomic mass is 9.78. The van der Waals surface area contributed by atoms with Gasteiger partial charge in [0.1, 0.15) is 0 Å². The molecule has 0 unspecified atom stereocenters. The van der Waals surface area contributed by atoms with Crippen molar-refractivity contribution in [3.63, 3.8) is 0 Å². The Morgan fingerprint density at radius 3 is 2.14 bits per heavy atom. The third kappa shape index (κ3) is 5.23. The third-order valence-electron chi connectivity index (χ3n) is 5.75. The standard InChI is InChI=1S/C21H32N4O3/c1-28-16-21(10-12-22-13-11-21)19(26)23-17-6-8-18(9-7-17)24-20(27)25-14-4-2-3-5-15-25/h6-9,22H,2-5,10-16H2,1H3,(H,23,26)(H,24,27). The van der Waals surface area contributed by atoms with E-state index in [1.165, 1.54) is 12.8 Å². The molecule has 2 aliphatic heterocycles. The minimum atomic E-state index is -0.486. The summed E-state index contributed by atoms with van der Waals surface area (Å²) in [6.07, 6.45) is 6.04. The van der Waals surface area contributed by atoms with Crippen LogP contribution in [0.3, 0.4) is 0 Å². The van der Waals surface area contributed by atoms with Gasteiger partial charge >= 0.3 is 6.03 Å². The van der Waals surface area contributed by atoms with E-state index in [-0.39, 0.29) is 11.9 Å². The van der Waals surface area contributed by atoms with Gasteiger partial charge in [-0.05, 0) is 63.0 Å². The van der Waals surface area contributed by atoms with Crippen LogP contribution in [-0.4, -0.2) is 56.7 Å². The van der Waals surface area contributed by atoms with E-state index in [1.54, 1.807) is 7.11 Å². The van der Waals surface area contributed by atoms with Crippen molar-refractivity contribution in [2.75, 3.05) is 50.5 Å². The molecule has 0 radical (unpaired) electrons. The quantitative estimate of drug-likeness (QED) is 0.724. The first-order valence-electron chi connectivity index (χ1n) is 10.3. The summed E-state index contributed by atoms with van der Waals surface area (Å²) in [4.78, 5) is 27.2. The SMILES string of the molecule is COCC1(C(=O)Nc2ccc(NC(=O)N3CCCCCC3)cc2)CCNCC1. The van der Waals surface area contributed by atoms with E-state index in [9.17, 15) is 9.59 Å². The van der Waals surface area contributed by atoms with Crippen LogP contribution in [0.15, 0.2) is 24.3 Å². The van der Waals surface area contributed by atoms with Gasteiger partial charge in [0, 0.05) is 31.6 Å². The maximum absolute atomic E-state index is 12.9. The number of nitrogens with one attached hydrogen (secondary N) is 3. The van der Waals surface area contributed by atoms with Crippen LogP contribution in [0.5, 0.6) is 0 Å². The third-order valence-corrected chi connectivity index (χ3v) is 5.75. The summed E-state index contributed by atoms with van der Waals surface area (Å²) in [5.74, 6) is -0.00259. The Bertz CT molecular complexity index is 643. The van der Waals surface area contributed by atoms with E-state index in [0.29, 0.717) is 6.61 Å². The maximum atomic E-state index is 12.9. The Hall–Kier alpha value is -2.12. The number of rotatable bonds is 5. The molecule has 0 spiro atoms. The van der Waals surface area contributed by atoms with E-state index in [1.807, 2.05) is 29.2 Å². The summed E-state index contributed by atoms with van der Waals surface area (Å²) in [6.45, 7) is 3.69. The number of benzene rings is 1. The molecule has 3 N–H and O–H groups in total. The number of amides is 3. The molecule has 0 saturated carbocycles. The Kier molecular flexibility index (Phi) is 7.28. The minimum absolute atomic E-state index is 0.00259. The fraction of sp³-hybridized carbons (Fsp3) is 0.619. The molecule has 2 heterocycles. The number of nitrogens with zero attached hydrogens (tertiary/aromatic N) is 1. The Morgan fingerprint density at radius 2 is 1.57 bits per heavy atom. The number of likely N-dealkylation sites (tertiary alicyclic amines) is 1. The van der Waals surface area contributed by atoms with Crippen LogP contribution in [0.25, 0.3) is 0 Å². The number of anilines is 2. The zero-order valence-electron chi connectivity index (χ0n) is 16.8. The van der Waals surface area contributed by atoms with Crippen LogP contribution in [0.4, 0.5) is 16.2 Å². The number of piperidine rings is 1. The van der Waals surface area contributed by atoms with E-state index >= 15 is 0 Å². The molecule has 2 saturated heterocycles. The molecular formula is C21H32N4O3. The summed E-state index contributed by atoms with van der Waals surface area (Å²) in [7, 11) is 1.64. The van der Waals surface area contributed by atoms with E-state index in [2.05, 4.69) is 16.0 Å². The number of methoxy groups -OCH3 is 1. The van der Waals surface area contributed by atoms with Gasteiger partial charge in [-0.2, -0.15) is 0 Å². The van der Waals surface area contributed by atoms with Gasteiger partial charge in [-0.3, -0.25) is 4.79 Å². The van der Waals surface area contributed by atoms with Crippen molar-refractivity contribution in [1.29, 1.82) is 0 Å². The van der Waals surface area contributed by atoms with Crippen molar-refractivity contribution >= 4 is 23.3 Å². The minimum Gasteiger partial charge on any atom is -0.384 e. The monoisotopic (exact) mass is 388 g/mol. The van der Waals surface area contributed by atoms with Crippen LogP contribution in [0.1, 0.15) is 38.5 Å². The average Bonchev–Trinajstić information content (AvgIpc) is 3.00. The molecule has 3 rings (SSSR count). The number of carbonyl (C=O) groups is 2. The van der Waals surface area contributed by atoms with E-state index in [0.717, 1.165) is 63.2 Å². The lowest BCUT2D eigenvalue weighted by Crippen LogP contribution is -2.47. The van der Waals surface area contributed by atoms with Crippen molar-refractivity contribution in [2.24, 2.45) is 5.41 Å². The van der Waals surface area contributed by atoms with Crippen LogP contribution < -0.4 is 16.0 Å². The molecule has 2 aliphatic rings. The van der Waals surface area contributed by atoms with Gasteiger partial charge in [-0.1, -0.05) is 12.8 Å². The molecule has 1 aromatic rings. The summed E-state index contributed by atoms with van der Waals surface area (Å²) in [5.41, 5.74) is 0.979. The van der Waals surface area contributed by atoms with E-state index in [4.69, 9.17) is 4.74 Å². The highest BCUT2D eigenvalue weighted by molar-refractivity contribution is 5.96. The first kappa shape index (κ1) is 20.6. The Balaban J connectivity index is 1.57. The van der Waals surface area contributed by atoms with Crippen molar-refractivity contribution in [3.05, 3.63) is 24.3 Å². The fourth-order valence-corrected chi connectivity index (χ4v) is 4.00. The summed E-state index contributed by atoms with van der Waals surface area (Å²) in [6, 6.07) is 7.27. The summed E-state index contributed by atoms with van der Waals surface area (Å²) >= 11 is 0. The first-order valence-corrected chi connectivity index (χ1v) is 10.3. The highest BCUT2D eigenvalue weighted by Gasteiger charge is 2.39. The predicted octanol–water partition coefficient (Wildman–Crippen LogP) is 3.05. The van der Waals surface area contributed by atoms with Gasteiger partial charge in [0.25, 0.3) is 0 Å². The molecule has 7 nitrogen and oxygen atoms in total. The second kappa shape index (κ2) is 9.89. The molecule has 1 aromatic carbocycles. The lowest BCUT2D eigenvalue weighted by Gasteiger charge is -2.35. The molecule has 0 bridgehead atoms. The van der Waals surface area contributed by atoms with Crippen LogP contribution in [-0.2, 0) is 9.53 Å². The zero-order chi connectivity index (χ0) is 19.8. The van der Waals surface area contributed by atoms with Gasteiger partial charge in [0.15, 0.2) is 0 Å². The predicted molar refractivity (Wildman–Crippen MR) is 111 cm³/mol. The zero-order valence-corrected chi connectivity index (χ0v) is 16.8. The highest BCUT2D eigenvalue weighted by Crippen LogP contribution is 2.31. The van der Waals surface area contributed by atoms with Gasteiger partial charge in [-0.25, -0.2) is 4.79 Å². The maximum Gasteiger partial charge on any atom is 0.321 e. The smallest absolute Gasteiger partial charge is 0.321 e. The Labute approximate surface area is 167 Å². The van der Waals surface area contributed by atoms with Crippen molar-refractivity contribution in [3.8, 4) is 0 Å². The second-order valence-electron chi connectivity index (χ2n) is 7.83. The highest BCUT2D eigenvalue weighted by atomic mass is 16.5. The van der Waals surface area contributed by atoms with Crippen LogP contribution in [0.2, 0.25) is 0 Å². The molecule has 0 aromatic heterocycles. The normalized spacial score (nSPS) is 19.5. The molecule has 2 fully saturated rings. The Morgan fingerprint density at radius 1 is 1.00 bits per heavy atom. The molecule has 154 valence electrons. The van der Waals surface area contributed by atoms with Crippen molar-refractivity contribution in [2.45, 2.75) is 38.5 Å². The van der Waals surface area contributed by atoms with Gasteiger partial charge in [0.2, 0.25) is 5.91 Å². The second-order valence-corrected chi connectivity index (χ2v) is 7.83. The average molecular weight is 389 g/mol. The number of carbonyl (C=O) groups excluding carboxylic acids is 2. The topological polar surface area (TPSA) is 82.7 Å². The molecule has 28 heavy (non-hydrogen) atoms. The van der Waals surface area contributed by atoms with Crippen LogP contribution in [0, 0.1) is 5.41 Å². The number of hydrogen-bond donors (Lipinski definition) is 3. The van der Waals surface area contributed by atoms with Gasteiger partial charge in [0.05, 0.1) is 12.0 Å².